The molecule has 0 aliphatic heterocycles. The number of non-ortho nitro benzene ring substituents is 1. The number of hydrogen-bond donors (Lipinski definition) is 1. The van der Waals surface area contributed by atoms with Crippen LogP contribution in [0.5, 0.6) is 11.5 Å². The monoisotopic (exact) mass is 402 g/mol. The summed E-state index contributed by atoms with van der Waals surface area (Å²) in [5.74, 6) is 0.178. The zero-order valence-corrected chi connectivity index (χ0v) is 16.4. The molecule has 0 spiro atoms. The number of aryl methyl sites for hydroxylation is 2. The molecule has 0 aromatic heterocycles. The van der Waals surface area contributed by atoms with Crippen molar-refractivity contribution in [1.29, 1.82) is 0 Å². The molecule has 0 aliphatic rings. The molecule has 9 nitrogen and oxygen atoms in total. The maximum atomic E-state index is 12.0. The van der Waals surface area contributed by atoms with E-state index in [0.29, 0.717) is 29.2 Å². The highest BCUT2D eigenvalue weighted by Gasteiger charge is 2.12. The molecule has 0 aliphatic carbocycles. The molecule has 29 heavy (non-hydrogen) atoms. The molecular formula is C20H22N2O7. The summed E-state index contributed by atoms with van der Waals surface area (Å²) >= 11 is 0. The van der Waals surface area contributed by atoms with Gasteiger partial charge in [-0.1, -0.05) is 0 Å². The Hall–Kier alpha value is -3.62. The number of nitrogens with zero attached hydrogens (tertiary/aromatic N) is 1. The molecule has 154 valence electrons. The minimum Gasteiger partial charge on any atom is -0.497 e. The van der Waals surface area contributed by atoms with E-state index in [1.807, 2.05) is 0 Å². The van der Waals surface area contributed by atoms with Gasteiger partial charge in [-0.3, -0.25) is 19.7 Å². The van der Waals surface area contributed by atoms with Crippen LogP contribution in [-0.4, -0.2) is 37.6 Å². The first kappa shape index (κ1) is 21.7. The maximum Gasteiger partial charge on any atom is 0.306 e. The van der Waals surface area contributed by atoms with Crippen molar-refractivity contribution < 1.29 is 28.7 Å². The zero-order valence-electron chi connectivity index (χ0n) is 16.4. The lowest BCUT2D eigenvalue weighted by Crippen LogP contribution is -2.21. The first-order valence-corrected chi connectivity index (χ1v) is 8.75. The fraction of sp³-hybridized carbons (Fsp3) is 0.300. The average molecular weight is 402 g/mol. The summed E-state index contributed by atoms with van der Waals surface area (Å²) in [6.45, 7) is 1.19. The number of esters is 1. The number of hydrogen-bond acceptors (Lipinski definition) is 7. The van der Waals surface area contributed by atoms with Crippen LogP contribution in [0.15, 0.2) is 36.4 Å². The minimum absolute atomic E-state index is 0.0684. The lowest BCUT2D eigenvalue weighted by molar-refractivity contribution is -0.384. The van der Waals surface area contributed by atoms with Crippen LogP contribution in [0.25, 0.3) is 0 Å². The van der Waals surface area contributed by atoms with Gasteiger partial charge in [-0.2, -0.15) is 0 Å². The van der Waals surface area contributed by atoms with Crippen molar-refractivity contribution >= 4 is 23.3 Å². The van der Waals surface area contributed by atoms with Gasteiger partial charge in [-0.15, -0.1) is 0 Å². The number of ether oxygens (including phenoxy) is 3. The largest absolute Gasteiger partial charge is 0.497 e. The quantitative estimate of drug-likeness (QED) is 0.389. The molecular weight excluding hydrogens is 380 g/mol. The molecule has 1 amide bonds. The van der Waals surface area contributed by atoms with Crippen LogP contribution in [0, 0.1) is 17.0 Å². The highest BCUT2D eigenvalue weighted by molar-refractivity contribution is 5.93. The third-order valence-corrected chi connectivity index (χ3v) is 4.09. The van der Waals surface area contributed by atoms with E-state index in [4.69, 9.17) is 14.2 Å². The van der Waals surface area contributed by atoms with E-state index in [0.717, 1.165) is 5.56 Å². The fourth-order valence-corrected chi connectivity index (χ4v) is 2.56. The fourth-order valence-electron chi connectivity index (χ4n) is 2.56. The van der Waals surface area contributed by atoms with E-state index < -0.39 is 23.4 Å². The van der Waals surface area contributed by atoms with Crippen molar-refractivity contribution in [2.45, 2.75) is 19.8 Å². The van der Waals surface area contributed by atoms with Crippen molar-refractivity contribution in [2.75, 3.05) is 26.1 Å². The zero-order chi connectivity index (χ0) is 21.4. The van der Waals surface area contributed by atoms with Crippen LogP contribution in [0.1, 0.15) is 17.5 Å². The van der Waals surface area contributed by atoms with Crippen molar-refractivity contribution in [2.24, 2.45) is 0 Å². The number of nitrogens with one attached hydrogen (secondary N) is 1. The predicted molar refractivity (Wildman–Crippen MR) is 105 cm³/mol. The van der Waals surface area contributed by atoms with E-state index in [2.05, 4.69) is 5.32 Å². The third kappa shape index (κ3) is 6.49. The minimum atomic E-state index is -0.529. The summed E-state index contributed by atoms with van der Waals surface area (Å²) in [4.78, 5) is 34.1. The Morgan fingerprint density at radius 1 is 1.07 bits per heavy atom. The van der Waals surface area contributed by atoms with Crippen molar-refractivity contribution in [1.82, 2.24) is 0 Å². The van der Waals surface area contributed by atoms with Gasteiger partial charge in [0.2, 0.25) is 0 Å². The SMILES string of the molecule is COc1cc(CCC(=O)OCC(=O)Nc2ccc([N+](=O)[O-])cc2C)cc(OC)c1. The molecule has 0 unspecified atom stereocenters. The summed E-state index contributed by atoms with van der Waals surface area (Å²) in [7, 11) is 3.08. The van der Waals surface area contributed by atoms with Gasteiger partial charge in [0, 0.05) is 30.3 Å². The first-order chi connectivity index (χ1) is 13.8. The second kappa shape index (κ2) is 10.1. The van der Waals surface area contributed by atoms with Crippen molar-refractivity contribution in [3.63, 3.8) is 0 Å². The predicted octanol–water partition coefficient (Wildman–Crippen LogP) is 3.03. The molecule has 2 aromatic carbocycles. The Bertz CT molecular complexity index is 889. The highest BCUT2D eigenvalue weighted by Crippen LogP contribution is 2.23. The number of nitro groups is 1. The molecule has 0 heterocycles. The number of carbonyl (C=O) groups excluding carboxylic acids is 2. The topological polar surface area (TPSA) is 117 Å². The first-order valence-electron chi connectivity index (χ1n) is 8.75. The molecule has 2 rings (SSSR count). The van der Waals surface area contributed by atoms with E-state index in [-0.39, 0.29) is 12.1 Å². The normalized spacial score (nSPS) is 10.2. The van der Waals surface area contributed by atoms with Gasteiger partial charge in [0.15, 0.2) is 6.61 Å². The second-order valence-corrected chi connectivity index (χ2v) is 6.19. The highest BCUT2D eigenvalue weighted by atomic mass is 16.6. The van der Waals surface area contributed by atoms with E-state index in [1.54, 1.807) is 25.1 Å². The summed E-state index contributed by atoms with van der Waals surface area (Å²) in [5, 5.41) is 13.3. The average Bonchev–Trinajstić information content (AvgIpc) is 2.71. The molecule has 0 fully saturated rings. The number of benzene rings is 2. The number of carbonyl (C=O) groups is 2. The van der Waals surface area contributed by atoms with Gasteiger partial charge in [0.25, 0.3) is 11.6 Å². The van der Waals surface area contributed by atoms with Crippen LogP contribution < -0.4 is 14.8 Å². The van der Waals surface area contributed by atoms with Crippen molar-refractivity contribution in [3.05, 3.63) is 57.6 Å². The van der Waals surface area contributed by atoms with Crippen LogP contribution in [0.4, 0.5) is 11.4 Å². The Kier molecular flexibility index (Phi) is 7.53. The van der Waals surface area contributed by atoms with Crippen molar-refractivity contribution in [3.8, 4) is 11.5 Å². The second-order valence-electron chi connectivity index (χ2n) is 6.19. The summed E-state index contributed by atoms with van der Waals surface area (Å²) in [6.07, 6.45) is 0.482. The smallest absolute Gasteiger partial charge is 0.306 e. The number of rotatable bonds is 9. The van der Waals surface area contributed by atoms with Gasteiger partial charge in [-0.25, -0.2) is 0 Å². The van der Waals surface area contributed by atoms with E-state index in [1.165, 1.54) is 32.4 Å². The maximum absolute atomic E-state index is 12.0. The molecule has 0 saturated carbocycles. The standard InChI is InChI=1S/C20H22N2O7/c1-13-8-15(22(25)26)5-6-18(13)21-19(23)12-29-20(24)7-4-14-9-16(27-2)11-17(10-14)28-3/h5-6,8-11H,4,7,12H2,1-3H3,(H,21,23). The van der Waals surface area contributed by atoms with E-state index in [9.17, 15) is 19.7 Å². The van der Waals surface area contributed by atoms with Crippen LogP contribution in [0.3, 0.4) is 0 Å². The Morgan fingerprint density at radius 3 is 2.28 bits per heavy atom. The third-order valence-electron chi connectivity index (χ3n) is 4.09. The summed E-state index contributed by atoms with van der Waals surface area (Å²) in [5.41, 5.74) is 1.72. The van der Waals surface area contributed by atoms with Crippen LogP contribution >= 0.6 is 0 Å². The molecule has 0 radical (unpaired) electrons. The number of methoxy groups -OCH3 is 2. The number of anilines is 1. The van der Waals surface area contributed by atoms with Crippen LogP contribution in [-0.2, 0) is 20.7 Å². The lowest BCUT2D eigenvalue weighted by Gasteiger charge is -2.10. The molecule has 0 saturated heterocycles. The van der Waals surface area contributed by atoms with Gasteiger partial charge >= 0.3 is 5.97 Å². The lowest BCUT2D eigenvalue weighted by atomic mass is 10.1. The Balaban J connectivity index is 1.83. The Morgan fingerprint density at radius 2 is 1.72 bits per heavy atom. The molecule has 2 aromatic rings. The number of nitro benzene ring substituents is 1. The molecule has 1 N–H and O–H groups in total. The van der Waals surface area contributed by atoms with Crippen LogP contribution in [0.2, 0.25) is 0 Å². The molecule has 9 heteroatoms. The summed E-state index contributed by atoms with van der Waals surface area (Å²) < 4.78 is 15.4. The van der Waals surface area contributed by atoms with Gasteiger partial charge in [-0.05, 0) is 42.7 Å². The Labute approximate surface area is 167 Å². The van der Waals surface area contributed by atoms with E-state index >= 15 is 0 Å². The van der Waals surface area contributed by atoms with Gasteiger partial charge in [0.1, 0.15) is 11.5 Å². The summed E-state index contributed by atoms with van der Waals surface area (Å²) in [6, 6.07) is 9.39. The van der Waals surface area contributed by atoms with Gasteiger partial charge < -0.3 is 19.5 Å². The molecule has 0 atom stereocenters. The number of amides is 1. The molecule has 0 bridgehead atoms. The van der Waals surface area contributed by atoms with Gasteiger partial charge in [0.05, 0.1) is 19.1 Å².